The summed E-state index contributed by atoms with van der Waals surface area (Å²) < 4.78 is 58.4. The summed E-state index contributed by atoms with van der Waals surface area (Å²) in [7, 11) is -7.36. The predicted octanol–water partition coefficient (Wildman–Crippen LogP) is 4.72. The molecule has 220 valence electrons. The van der Waals surface area contributed by atoms with Gasteiger partial charge >= 0.3 is 0 Å². The molecule has 0 saturated carbocycles. The second-order valence-electron chi connectivity index (χ2n) is 8.73. The predicted molar refractivity (Wildman–Crippen MR) is 159 cm³/mol. The lowest BCUT2D eigenvalue weighted by molar-refractivity contribution is -0.0674. The maximum absolute atomic E-state index is 12.2. The molecule has 0 bridgehead atoms. The number of carbonyl (C=O) groups excluding carboxylic acids is 2. The first-order valence-corrected chi connectivity index (χ1v) is 15.6. The molecular weight excluding hydrogens is 580 g/mol. The van der Waals surface area contributed by atoms with Gasteiger partial charge in [0, 0.05) is 29.1 Å². The van der Waals surface area contributed by atoms with Crippen LogP contribution in [-0.4, -0.2) is 46.4 Å². The molecule has 1 atom stereocenters. The van der Waals surface area contributed by atoms with Crippen LogP contribution in [0.5, 0.6) is 0 Å². The van der Waals surface area contributed by atoms with Crippen molar-refractivity contribution in [3.05, 3.63) is 120 Å². The molecule has 3 N–H and O–H groups in total. The SMILES string of the molecule is CC(=O)c1cccc(NS(=O)(=O)c2ccccc2)c1.CCOC(O)C(=O)c1cccc(NS(=O)(=O)c2ccccc2)c1. The van der Waals surface area contributed by atoms with Crippen molar-refractivity contribution >= 4 is 43.0 Å². The van der Waals surface area contributed by atoms with Crippen molar-refractivity contribution in [1.82, 2.24) is 0 Å². The van der Waals surface area contributed by atoms with Gasteiger partial charge in [-0.3, -0.25) is 19.0 Å². The van der Waals surface area contributed by atoms with Crippen LogP contribution in [-0.2, 0) is 24.8 Å². The summed E-state index contributed by atoms with van der Waals surface area (Å²) in [5.74, 6) is -0.742. The van der Waals surface area contributed by atoms with Gasteiger partial charge < -0.3 is 9.84 Å². The number of hydrogen-bond donors (Lipinski definition) is 3. The molecular formula is C30H30N2O8S2. The highest BCUT2D eigenvalue weighted by atomic mass is 32.2. The summed E-state index contributed by atoms with van der Waals surface area (Å²) in [5, 5.41) is 9.56. The smallest absolute Gasteiger partial charge is 0.261 e. The molecule has 1 unspecified atom stereocenters. The summed E-state index contributed by atoms with van der Waals surface area (Å²) >= 11 is 0. The molecule has 0 fully saturated rings. The van der Waals surface area contributed by atoms with Crippen LogP contribution in [0.15, 0.2) is 119 Å². The quantitative estimate of drug-likeness (QED) is 0.163. The fraction of sp³-hybridized carbons (Fsp3) is 0.133. The van der Waals surface area contributed by atoms with Crippen molar-refractivity contribution in [1.29, 1.82) is 0 Å². The minimum Gasteiger partial charge on any atom is -0.362 e. The Balaban J connectivity index is 0.000000235. The van der Waals surface area contributed by atoms with E-state index in [1.807, 2.05) is 0 Å². The number of nitrogens with one attached hydrogen (secondary N) is 2. The van der Waals surface area contributed by atoms with Crippen LogP contribution < -0.4 is 9.44 Å². The number of anilines is 2. The van der Waals surface area contributed by atoms with E-state index in [1.165, 1.54) is 61.5 Å². The van der Waals surface area contributed by atoms with Crippen molar-refractivity contribution in [2.75, 3.05) is 16.1 Å². The molecule has 0 aliphatic heterocycles. The van der Waals surface area contributed by atoms with Gasteiger partial charge in [-0.15, -0.1) is 0 Å². The molecule has 0 radical (unpaired) electrons. The lowest BCUT2D eigenvalue weighted by Gasteiger charge is -2.11. The summed E-state index contributed by atoms with van der Waals surface area (Å²) in [4.78, 5) is 23.5. The number of Topliss-reactive ketones (excluding diaryl/α,β-unsaturated/α-hetero) is 2. The molecule has 0 amide bonds. The van der Waals surface area contributed by atoms with Crippen LogP contribution in [0.3, 0.4) is 0 Å². The van der Waals surface area contributed by atoms with Crippen molar-refractivity contribution in [2.24, 2.45) is 0 Å². The van der Waals surface area contributed by atoms with Crippen LogP contribution in [0.4, 0.5) is 11.4 Å². The van der Waals surface area contributed by atoms with Gasteiger partial charge in [-0.2, -0.15) is 0 Å². The van der Waals surface area contributed by atoms with E-state index >= 15 is 0 Å². The van der Waals surface area contributed by atoms with Gasteiger partial charge in [-0.05, 0) is 62.4 Å². The van der Waals surface area contributed by atoms with Crippen LogP contribution in [0.25, 0.3) is 0 Å². The van der Waals surface area contributed by atoms with E-state index in [2.05, 4.69) is 9.44 Å². The Morgan fingerprint density at radius 1 is 0.690 bits per heavy atom. The largest absolute Gasteiger partial charge is 0.362 e. The van der Waals surface area contributed by atoms with Gasteiger partial charge in [0.2, 0.25) is 12.1 Å². The number of benzene rings is 4. The van der Waals surface area contributed by atoms with E-state index in [1.54, 1.807) is 61.5 Å². The van der Waals surface area contributed by atoms with E-state index in [0.717, 1.165) is 0 Å². The zero-order chi connectivity index (χ0) is 30.8. The maximum atomic E-state index is 12.2. The lowest BCUT2D eigenvalue weighted by Crippen LogP contribution is -2.24. The highest BCUT2D eigenvalue weighted by Crippen LogP contribution is 2.19. The highest BCUT2D eigenvalue weighted by Gasteiger charge is 2.19. The Kier molecular flexibility index (Phi) is 11.1. The number of sulfonamides is 2. The molecule has 0 spiro atoms. The number of aliphatic hydroxyl groups excluding tert-OH is 1. The monoisotopic (exact) mass is 610 g/mol. The molecule has 0 heterocycles. The van der Waals surface area contributed by atoms with E-state index < -0.39 is 32.1 Å². The van der Waals surface area contributed by atoms with Crippen LogP contribution in [0.2, 0.25) is 0 Å². The topological polar surface area (TPSA) is 156 Å². The molecule has 0 saturated heterocycles. The molecule has 4 rings (SSSR count). The summed E-state index contributed by atoms with van der Waals surface area (Å²) in [6.45, 7) is 3.28. The Morgan fingerprint density at radius 3 is 1.55 bits per heavy atom. The second kappa shape index (κ2) is 14.5. The molecule has 0 aromatic heterocycles. The number of aliphatic hydroxyl groups is 1. The fourth-order valence-electron chi connectivity index (χ4n) is 3.54. The summed E-state index contributed by atoms with van der Waals surface area (Å²) in [6, 6.07) is 28.2. The third-order valence-electron chi connectivity index (χ3n) is 5.58. The van der Waals surface area contributed by atoms with Gasteiger partial charge in [0.25, 0.3) is 20.0 Å². The Bertz CT molecular complexity index is 1730. The van der Waals surface area contributed by atoms with Gasteiger partial charge in [0.05, 0.1) is 9.79 Å². The van der Waals surface area contributed by atoms with Crippen LogP contribution in [0.1, 0.15) is 34.6 Å². The average molecular weight is 611 g/mol. The lowest BCUT2D eigenvalue weighted by atomic mass is 10.1. The molecule has 0 aliphatic rings. The minimum absolute atomic E-state index is 0.110. The number of hydrogen-bond acceptors (Lipinski definition) is 8. The van der Waals surface area contributed by atoms with Crippen molar-refractivity contribution in [2.45, 2.75) is 29.9 Å². The zero-order valence-electron chi connectivity index (χ0n) is 22.8. The number of carbonyl (C=O) groups is 2. The average Bonchev–Trinajstić information content (AvgIpc) is 2.98. The molecule has 4 aromatic rings. The number of ketones is 2. The Morgan fingerprint density at radius 2 is 1.12 bits per heavy atom. The van der Waals surface area contributed by atoms with E-state index in [0.29, 0.717) is 11.3 Å². The Labute approximate surface area is 245 Å². The van der Waals surface area contributed by atoms with Crippen LogP contribution >= 0.6 is 0 Å². The van der Waals surface area contributed by atoms with Gasteiger partial charge in [-0.1, -0.05) is 60.7 Å². The van der Waals surface area contributed by atoms with Crippen molar-refractivity contribution in [3.8, 4) is 0 Å². The van der Waals surface area contributed by atoms with Gasteiger partial charge in [0.1, 0.15) is 0 Å². The van der Waals surface area contributed by atoms with Crippen molar-refractivity contribution < 1.29 is 36.3 Å². The first-order chi connectivity index (χ1) is 19.9. The molecule has 12 heteroatoms. The first kappa shape index (κ1) is 32.2. The molecule has 10 nitrogen and oxygen atoms in total. The maximum Gasteiger partial charge on any atom is 0.261 e. The number of rotatable bonds is 11. The van der Waals surface area contributed by atoms with E-state index in [4.69, 9.17) is 4.74 Å². The summed E-state index contributed by atoms with van der Waals surface area (Å²) in [6.07, 6.45) is -1.57. The highest BCUT2D eigenvalue weighted by molar-refractivity contribution is 7.93. The molecule has 4 aromatic carbocycles. The van der Waals surface area contributed by atoms with Crippen LogP contribution in [0, 0.1) is 0 Å². The zero-order valence-corrected chi connectivity index (χ0v) is 24.4. The van der Waals surface area contributed by atoms with E-state index in [-0.39, 0.29) is 33.4 Å². The summed E-state index contributed by atoms with van der Waals surface area (Å²) in [5.41, 5.74) is 1.22. The minimum atomic E-state index is -3.74. The standard InChI is InChI=1S/C16H17NO5S.C14H13NO3S/c1-2-22-16(19)15(18)12-7-6-8-13(11-12)17-23(20,21)14-9-4-3-5-10-14;1-11(16)12-6-5-7-13(10-12)15-19(17,18)14-8-3-2-4-9-14/h3-11,16-17,19H,2H2,1H3;2-10,15H,1H3. The first-order valence-electron chi connectivity index (χ1n) is 12.6. The molecule has 42 heavy (non-hydrogen) atoms. The Hall–Kier alpha value is -4.36. The normalized spacial score (nSPS) is 11.9. The fourth-order valence-corrected chi connectivity index (χ4v) is 5.68. The van der Waals surface area contributed by atoms with E-state index in [9.17, 15) is 31.5 Å². The third-order valence-corrected chi connectivity index (χ3v) is 8.37. The van der Waals surface area contributed by atoms with Gasteiger partial charge in [0.15, 0.2) is 5.78 Å². The second-order valence-corrected chi connectivity index (χ2v) is 12.1. The van der Waals surface area contributed by atoms with Gasteiger partial charge in [-0.25, -0.2) is 16.8 Å². The molecule has 0 aliphatic carbocycles. The number of ether oxygens (including phenoxy) is 1. The third kappa shape index (κ3) is 9.08. The van der Waals surface area contributed by atoms with Crippen molar-refractivity contribution in [3.63, 3.8) is 0 Å².